The second-order valence-electron chi connectivity index (χ2n) is 3.37. The van der Waals surface area contributed by atoms with Crippen molar-refractivity contribution in [2.24, 2.45) is 5.92 Å². The normalized spacial score (nSPS) is 16.1. The van der Waals surface area contributed by atoms with Gasteiger partial charge >= 0.3 is 0 Å². The second-order valence-corrected chi connectivity index (χ2v) is 4.45. The standard InChI is InChI=1S/C9H14N2OS/c1-12-9-11-6-8(13-9)5-10-4-7-2-3-7/h6-7,10H,2-5H2,1H3. The van der Waals surface area contributed by atoms with E-state index >= 15 is 0 Å². The van der Waals surface area contributed by atoms with E-state index in [9.17, 15) is 0 Å². The molecule has 1 heterocycles. The number of nitrogens with one attached hydrogen (secondary N) is 1. The Hall–Kier alpha value is -0.610. The molecular weight excluding hydrogens is 184 g/mol. The van der Waals surface area contributed by atoms with Gasteiger partial charge in [0.05, 0.1) is 7.11 Å². The fraction of sp³-hybridized carbons (Fsp3) is 0.667. The third-order valence-electron chi connectivity index (χ3n) is 2.14. The molecule has 0 amide bonds. The molecule has 0 spiro atoms. The van der Waals surface area contributed by atoms with E-state index in [4.69, 9.17) is 4.74 Å². The predicted molar refractivity (Wildman–Crippen MR) is 53.1 cm³/mol. The molecule has 3 nitrogen and oxygen atoms in total. The summed E-state index contributed by atoms with van der Waals surface area (Å²) >= 11 is 1.61. The lowest BCUT2D eigenvalue weighted by atomic mass is 10.4. The van der Waals surface area contributed by atoms with Gasteiger partial charge in [-0.1, -0.05) is 11.3 Å². The average Bonchev–Trinajstić information content (AvgIpc) is 2.84. The Kier molecular flexibility index (Phi) is 2.80. The van der Waals surface area contributed by atoms with Crippen LogP contribution in [0.25, 0.3) is 0 Å². The quantitative estimate of drug-likeness (QED) is 0.781. The maximum Gasteiger partial charge on any atom is 0.273 e. The van der Waals surface area contributed by atoms with Crippen molar-refractivity contribution in [3.63, 3.8) is 0 Å². The molecule has 0 aromatic carbocycles. The summed E-state index contributed by atoms with van der Waals surface area (Å²) in [4.78, 5) is 5.35. The Morgan fingerprint density at radius 3 is 3.15 bits per heavy atom. The van der Waals surface area contributed by atoms with E-state index in [0.29, 0.717) is 0 Å². The van der Waals surface area contributed by atoms with Crippen molar-refractivity contribution < 1.29 is 4.74 Å². The molecule has 1 fully saturated rings. The molecule has 1 saturated carbocycles. The summed E-state index contributed by atoms with van der Waals surface area (Å²) in [5, 5.41) is 4.17. The molecular formula is C9H14N2OS. The first kappa shape index (κ1) is 8.97. The minimum Gasteiger partial charge on any atom is -0.473 e. The lowest BCUT2D eigenvalue weighted by Crippen LogP contribution is -2.15. The number of methoxy groups -OCH3 is 1. The van der Waals surface area contributed by atoms with Crippen LogP contribution < -0.4 is 10.1 Å². The number of aromatic nitrogens is 1. The number of hydrogen-bond acceptors (Lipinski definition) is 4. The van der Waals surface area contributed by atoms with Crippen molar-refractivity contribution >= 4 is 11.3 Å². The van der Waals surface area contributed by atoms with E-state index in [2.05, 4.69) is 10.3 Å². The monoisotopic (exact) mass is 198 g/mol. The lowest BCUT2D eigenvalue weighted by molar-refractivity contribution is 0.412. The van der Waals surface area contributed by atoms with Gasteiger partial charge in [-0.3, -0.25) is 0 Å². The highest BCUT2D eigenvalue weighted by atomic mass is 32.1. The molecule has 0 unspecified atom stereocenters. The van der Waals surface area contributed by atoms with Crippen molar-refractivity contribution in [2.45, 2.75) is 19.4 Å². The Morgan fingerprint density at radius 2 is 2.54 bits per heavy atom. The van der Waals surface area contributed by atoms with Gasteiger partial charge in [-0.25, -0.2) is 4.98 Å². The molecule has 0 aliphatic heterocycles. The average molecular weight is 198 g/mol. The van der Waals surface area contributed by atoms with Crippen molar-refractivity contribution in [1.29, 1.82) is 0 Å². The molecule has 2 rings (SSSR count). The van der Waals surface area contributed by atoms with Crippen LogP contribution in [-0.4, -0.2) is 18.6 Å². The van der Waals surface area contributed by atoms with Gasteiger partial charge in [0.2, 0.25) is 0 Å². The predicted octanol–water partition coefficient (Wildman–Crippen LogP) is 1.65. The van der Waals surface area contributed by atoms with Crippen LogP contribution in [0, 0.1) is 5.92 Å². The molecule has 0 bridgehead atoms. The molecule has 1 aromatic rings. The molecule has 0 atom stereocenters. The summed E-state index contributed by atoms with van der Waals surface area (Å²) in [6.45, 7) is 2.08. The Bertz CT molecular complexity index is 270. The summed E-state index contributed by atoms with van der Waals surface area (Å²) < 4.78 is 5.01. The van der Waals surface area contributed by atoms with Crippen LogP contribution in [0.1, 0.15) is 17.7 Å². The number of thiazole rings is 1. The fourth-order valence-electron chi connectivity index (χ4n) is 1.19. The minimum absolute atomic E-state index is 0.753. The van der Waals surface area contributed by atoms with Crippen molar-refractivity contribution in [3.8, 4) is 5.19 Å². The van der Waals surface area contributed by atoms with E-state index in [1.165, 1.54) is 17.7 Å². The smallest absolute Gasteiger partial charge is 0.273 e. The van der Waals surface area contributed by atoms with Crippen LogP contribution in [-0.2, 0) is 6.54 Å². The van der Waals surface area contributed by atoms with E-state index in [-0.39, 0.29) is 0 Å². The van der Waals surface area contributed by atoms with E-state index in [0.717, 1.165) is 24.2 Å². The highest BCUT2D eigenvalue weighted by Gasteiger charge is 2.20. The van der Waals surface area contributed by atoms with Gasteiger partial charge in [0.25, 0.3) is 5.19 Å². The van der Waals surface area contributed by atoms with Crippen LogP contribution >= 0.6 is 11.3 Å². The number of hydrogen-bond donors (Lipinski definition) is 1. The zero-order valence-electron chi connectivity index (χ0n) is 7.75. The molecule has 1 aromatic heterocycles. The summed E-state index contributed by atoms with van der Waals surface area (Å²) in [7, 11) is 1.65. The van der Waals surface area contributed by atoms with Gasteiger partial charge in [0.1, 0.15) is 0 Å². The van der Waals surface area contributed by atoms with Crippen molar-refractivity contribution in [3.05, 3.63) is 11.1 Å². The first-order valence-corrected chi connectivity index (χ1v) is 5.39. The summed E-state index contributed by atoms with van der Waals surface area (Å²) in [6, 6.07) is 0. The maximum absolute atomic E-state index is 5.01. The summed E-state index contributed by atoms with van der Waals surface area (Å²) in [5.74, 6) is 0.940. The largest absolute Gasteiger partial charge is 0.473 e. The van der Waals surface area contributed by atoms with Crippen molar-refractivity contribution in [2.75, 3.05) is 13.7 Å². The Morgan fingerprint density at radius 1 is 1.69 bits per heavy atom. The van der Waals surface area contributed by atoms with Crippen LogP contribution in [0.3, 0.4) is 0 Å². The SMILES string of the molecule is COc1ncc(CNCC2CC2)s1. The zero-order chi connectivity index (χ0) is 9.10. The van der Waals surface area contributed by atoms with Gasteiger partial charge in [-0.2, -0.15) is 0 Å². The van der Waals surface area contributed by atoms with Crippen LogP contribution in [0.2, 0.25) is 0 Å². The van der Waals surface area contributed by atoms with Gasteiger partial charge < -0.3 is 10.1 Å². The number of nitrogens with zero attached hydrogens (tertiary/aromatic N) is 1. The summed E-state index contributed by atoms with van der Waals surface area (Å²) in [6.07, 6.45) is 4.68. The minimum atomic E-state index is 0.753. The Balaban J connectivity index is 1.72. The van der Waals surface area contributed by atoms with Crippen LogP contribution in [0.15, 0.2) is 6.20 Å². The van der Waals surface area contributed by atoms with E-state index < -0.39 is 0 Å². The molecule has 1 aliphatic rings. The first-order chi connectivity index (χ1) is 6.38. The maximum atomic E-state index is 5.01. The topological polar surface area (TPSA) is 34.1 Å². The molecule has 4 heteroatoms. The third kappa shape index (κ3) is 2.67. The molecule has 72 valence electrons. The van der Waals surface area contributed by atoms with Gasteiger partial charge in [0, 0.05) is 17.6 Å². The first-order valence-electron chi connectivity index (χ1n) is 4.58. The molecule has 1 N–H and O–H groups in total. The van der Waals surface area contributed by atoms with Crippen LogP contribution in [0.4, 0.5) is 0 Å². The van der Waals surface area contributed by atoms with Crippen LogP contribution in [0.5, 0.6) is 5.19 Å². The highest BCUT2D eigenvalue weighted by molar-refractivity contribution is 7.13. The number of ether oxygens (including phenoxy) is 1. The molecule has 0 radical (unpaired) electrons. The highest BCUT2D eigenvalue weighted by Crippen LogP contribution is 2.28. The van der Waals surface area contributed by atoms with E-state index in [1.54, 1.807) is 18.4 Å². The third-order valence-corrected chi connectivity index (χ3v) is 3.09. The summed E-state index contributed by atoms with van der Waals surface area (Å²) in [5.41, 5.74) is 0. The second kappa shape index (κ2) is 4.07. The molecule has 0 saturated heterocycles. The van der Waals surface area contributed by atoms with E-state index in [1.807, 2.05) is 6.20 Å². The Labute approximate surface area is 82.1 Å². The van der Waals surface area contributed by atoms with Gasteiger partial charge in [0.15, 0.2) is 0 Å². The molecule has 1 aliphatic carbocycles. The van der Waals surface area contributed by atoms with Gasteiger partial charge in [-0.15, -0.1) is 0 Å². The zero-order valence-corrected chi connectivity index (χ0v) is 8.56. The fourth-order valence-corrected chi connectivity index (χ4v) is 1.88. The molecule has 13 heavy (non-hydrogen) atoms. The lowest BCUT2D eigenvalue weighted by Gasteiger charge is -1.98. The van der Waals surface area contributed by atoms with Crippen molar-refractivity contribution in [1.82, 2.24) is 10.3 Å². The van der Waals surface area contributed by atoms with Gasteiger partial charge in [-0.05, 0) is 25.3 Å². The number of rotatable bonds is 5.